The molecule has 0 aliphatic heterocycles. The van der Waals surface area contributed by atoms with Gasteiger partial charge in [0, 0.05) is 5.46 Å². The topological polar surface area (TPSA) is 58.9 Å². The van der Waals surface area contributed by atoms with E-state index in [0.717, 1.165) is 0 Å². The number of rotatable bonds is 4. The third kappa shape index (κ3) is 2.18. The molecule has 5 heteroatoms. The van der Waals surface area contributed by atoms with Crippen LogP contribution in [0.3, 0.4) is 0 Å². The summed E-state index contributed by atoms with van der Waals surface area (Å²) >= 11 is 0. The Labute approximate surface area is 83.2 Å². The standard InChI is InChI=1S/C9H13BO4/c1-3-14-9-7(10(11)12)5-4-6-8(9)13-2/h4-6,11-12H,3H2,1-2H3. The number of hydrogen-bond acceptors (Lipinski definition) is 4. The van der Waals surface area contributed by atoms with Crippen molar-refractivity contribution < 1.29 is 19.5 Å². The number of hydrogen-bond donors (Lipinski definition) is 2. The van der Waals surface area contributed by atoms with Crippen LogP contribution in [0, 0.1) is 0 Å². The van der Waals surface area contributed by atoms with Crippen molar-refractivity contribution in [1.82, 2.24) is 0 Å². The summed E-state index contributed by atoms with van der Waals surface area (Å²) in [5.41, 5.74) is 0.311. The third-order valence-corrected chi connectivity index (χ3v) is 1.80. The number of ether oxygens (including phenoxy) is 2. The second kappa shape index (κ2) is 4.88. The Morgan fingerprint density at radius 2 is 2.07 bits per heavy atom. The molecule has 14 heavy (non-hydrogen) atoms. The number of methoxy groups -OCH3 is 1. The van der Waals surface area contributed by atoms with Gasteiger partial charge in [0.1, 0.15) is 0 Å². The first-order valence-corrected chi connectivity index (χ1v) is 4.36. The molecule has 0 bridgehead atoms. The summed E-state index contributed by atoms with van der Waals surface area (Å²) in [6, 6.07) is 4.96. The van der Waals surface area contributed by atoms with Gasteiger partial charge >= 0.3 is 7.12 Å². The van der Waals surface area contributed by atoms with Gasteiger partial charge in [0.25, 0.3) is 0 Å². The summed E-state index contributed by atoms with van der Waals surface area (Å²) in [4.78, 5) is 0. The molecule has 0 aromatic heterocycles. The summed E-state index contributed by atoms with van der Waals surface area (Å²) in [7, 11) is -0.0441. The van der Waals surface area contributed by atoms with Crippen molar-refractivity contribution in [2.45, 2.75) is 6.92 Å². The van der Waals surface area contributed by atoms with Crippen LogP contribution in [0.15, 0.2) is 18.2 Å². The van der Waals surface area contributed by atoms with E-state index in [4.69, 9.17) is 19.5 Å². The molecule has 0 fully saturated rings. The van der Waals surface area contributed by atoms with Crippen LogP contribution in [0.25, 0.3) is 0 Å². The molecule has 0 amide bonds. The van der Waals surface area contributed by atoms with Crippen LogP contribution in [0.4, 0.5) is 0 Å². The maximum absolute atomic E-state index is 9.07. The van der Waals surface area contributed by atoms with Gasteiger partial charge in [0.2, 0.25) is 0 Å². The van der Waals surface area contributed by atoms with Crippen LogP contribution >= 0.6 is 0 Å². The molecule has 2 N–H and O–H groups in total. The Morgan fingerprint density at radius 1 is 1.36 bits per heavy atom. The first-order valence-electron chi connectivity index (χ1n) is 4.36. The predicted octanol–water partition coefficient (Wildman–Crippen LogP) is -0.226. The lowest BCUT2D eigenvalue weighted by molar-refractivity contribution is 0.311. The molecule has 76 valence electrons. The molecule has 0 saturated heterocycles. The first kappa shape index (κ1) is 10.9. The van der Waals surface area contributed by atoms with E-state index in [1.165, 1.54) is 7.11 Å². The monoisotopic (exact) mass is 196 g/mol. The molecule has 0 aliphatic rings. The van der Waals surface area contributed by atoms with Gasteiger partial charge in [-0.2, -0.15) is 0 Å². The first-order chi connectivity index (χ1) is 6.70. The minimum Gasteiger partial charge on any atom is -0.493 e. The van der Waals surface area contributed by atoms with Crippen LogP contribution in [0.1, 0.15) is 6.92 Å². The zero-order chi connectivity index (χ0) is 10.6. The highest BCUT2D eigenvalue weighted by molar-refractivity contribution is 6.59. The molecular weight excluding hydrogens is 183 g/mol. The average Bonchev–Trinajstić information content (AvgIpc) is 2.18. The largest absolute Gasteiger partial charge is 0.493 e. The van der Waals surface area contributed by atoms with E-state index >= 15 is 0 Å². The maximum atomic E-state index is 9.07. The minimum atomic E-state index is -1.55. The van der Waals surface area contributed by atoms with Crippen LogP contribution in [-0.4, -0.2) is 30.9 Å². The summed E-state index contributed by atoms with van der Waals surface area (Å²) in [6.45, 7) is 2.26. The van der Waals surface area contributed by atoms with Crippen LogP contribution < -0.4 is 14.9 Å². The van der Waals surface area contributed by atoms with Gasteiger partial charge in [-0.25, -0.2) is 0 Å². The van der Waals surface area contributed by atoms with Crippen LogP contribution in [-0.2, 0) is 0 Å². The van der Waals surface area contributed by atoms with E-state index in [1.807, 2.05) is 6.92 Å². The SMILES string of the molecule is CCOc1c(OC)cccc1B(O)O. The molecule has 1 aromatic rings. The van der Waals surface area contributed by atoms with Crippen molar-refractivity contribution in [3.8, 4) is 11.5 Å². The fourth-order valence-corrected chi connectivity index (χ4v) is 1.20. The van der Waals surface area contributed by atoms with Gasteiger partial charge in [0.05, 0.1) is 13.7 Å². The Hall–Kier alpha value is -1.20. The summed E-state index contributed by atoms with van der Waals surface area (Å²) in [6.07, 6.45) is 0. The lowest BCUT2D eigenvalue weighted by atomic mass is 9.79. The normalized spacial score (nSPS) is 9.71. The Bertz CT molecular complexity index is 301. The van der Waals surface area contributed by atoms with Crippen LogP contribution in [0.5, 0.6) is 11.5 Å². The molecule has 4 nitrogen and oxygen atoms in total. The zero-order valence-corrected chi connectivity index (χ0v) is 8.23. The molecule has 1 aromatic carbocycles. The van der Waals surface area contributed by atoms with Crippen molar-refractivity contribution in [1.29, 1.82) is 0 Å². The lowest BCUT2D eigenvalue weighted by Crippen LogP contribution is -2.31. The van der Waals surface area contributed by atoms with E-state index < -0.39 is 7.12 Å². The molecule has 0 aliphatic carbocycles. The highest BCUT2D eigenvalue weighted by Gasteiger charge is 2.19. The van der Waals surface area contributed by atoms with Crippen molar-refractivity contribution in [2.24, 2.45) is 0 Å². The van der Waals surface area contributed by atoms with E-state index in [9.17, 15) is 0 Å². The van der Waals surface area contributed by atoms with Gasteiger partial charge in [0.15, 0.2) is 11.5 Å². The van der Waals surface area contributed by atoms with Gasteiger partial charge in [-0.1, -0.05) is 12.1 Å². The van der Waals surface area contributed by atoms with Gasteiger partial charge < -0.3 is 19.5 Å². The van der Waals surface area contributed by atoms with Crippen molar-refractivity contribution in [3.05, 3.63) is 18.2 Å². The summed E-state index contributed by atoms with van der Waals surface area (Å²) in [5, 5.41) is 18.1. The maximum Gasteiger partial charge on any atom is 0.492 e. The van der Waals surface area contributed by atoms with Crippen molar-refractivity contribution in [3.63, 3.8) is 0 Å². The van der Waals surface area contributed by atoms with Crippen molar-refractivity contribution >= 4 is 12.6 Å². The Balaban J connectivity index is 3.13. The molecule has 0 heterocycles. The van der Waals surface area contributed by atoms with Gasteiger partial charge in [-0.3, -0.25) is 0 Å². The molecule has 0 radical (unpaired) electrons. The van der Waals surface area contributed by atoms with E-state index in [-0.39, 0.29) is 0 Å². The number of benzene rings is 1. The highest BCUT2D eigenvalue weighted by Crippen LogP contribution is 2.24. The molecule has 1 rings (SSSR count). The van der Waals surface area contributed by atoms with E-state index in [1.54, 1.807) is 18.2 Å². The summed E-state index contributed by atoms with van der Waals surface area (Å²) < 4.78 is 10.3. The Kier molecular flexibility index (Phi) is 3.79. The second-order valence-corrected chi connectivity index (χ2v) is 2.69. The molecule has 0 atom stereocenters. The van der Waals surface area contributed by atoms with Gasteiger partial charge in [-0.05, 0) is 13.0 Å². The fraction of sp³-hybridized carbons (Fsp3) is 0.333. The van der Waals surface area contributed by atoms with Gasteiger partial charge in [-0.15, -0.1) is 0 Å². The minimum absolute atomic E-state index is 0.311. The molecular formula is C9H13BO4. The quantitative estimate of drug-likeness (QED) is 0.653. The lowest BCUT2D eigenvalue weighted by Gasteiger charge is -2.13. The molecule has 0 saturated carbocycles. The van der Waals surface area contributed by atoms with E-state index in [2.05, 4.69) is 0 Å². The Morgan fingerprint density at radius 3 is 2.57 bits per heavy atom. The zero-order valence-electron chi connectivity index (χ0n) is 8.23. The highest BCUT2D eigenvalue weighted by atomic mass is 16.5. The summed E-state index contributed by atoms with van der Waals surface area (Å²) in [5.74, 6) is 0.880. The second-order valence-electron chi connectivity index (χ2n) is 2.69. The fourth-order valence-electron chi connectivity index (χ4n) is 1.20. The number of para-hydroxylation sites is 1. The molecule has 0 unspecified atom stereocenters. The van der Waals surface area contributed by atoms with E-state index in [0.29, 0.717) is 23.6 Å². The predicted molar refractivity (Wildman–Crippen MR) is 54.0 cm³/mol. The van der Waals surface area contributed by atoms with Crippen LogP contribution in [0.2, 0.25) is 0 Å². The molecule has 0 spiro atoms. The third-order valence-electron chi connectivity index (χ3n) is 1.80. The smallest absolute Gasteiger partial charge is 0.492 e. The average molecular weight is 196 g/mol. The van der Waals surface area contributed by atoms with Crippen molar-refractivity contribution in [2.75, 3.05) is 13.7 Å².